The van der Waals surface area contributed by atoms with Gasteiger partial charge in [-0.3, -0.25) is 0 Å². The molecule has 0 atom stereocenters. The molecule has 2 aromatic heterocycles. The fourth-order valence-electron chi connectivity index (χ4n) is 1.63. The zero-order valence-corrected chi connectivity index (χ0v) is 11.9. The van der Waals surface area contributed by atoms with E-state index in [1.54, 1.807) is 19.9 Å². The van der Waals surface area contributed by atoms with E-state index in [9.17, 15) is 4.79 Å². The highest BCUT2D eigenvalue weighted by Gasteiger charge is 2.18. The molecule has 0 saturated heterocycles. The molecule has 100 valence electrons. The summed E-state index contributed by atoms with van der Waals surface area (Å²) < 4.78 is 6.48. The maximum Gasteiger partial charge on any atom is 0.341 e. The standard InChI is InChI=1S/C12H11Cl2N3O2/c1-3-19-12(18)8-6-16-17(7(8)2)9-4-5-15-11(14)10(9)13/h4-6H,3H2,1-2H3. The molecule has 0 aliphatic rings. The second-order valence-corrected chi connectivity index (χ2v) is 4.45. The van der Waals surface area contributed by atoms with Gasteiger partial charge >= 0.3 is 5.97 Å². The van der Waals surface area contributed by atoms with Gasteiger partial charge in [0.05, 0.1) is 24.2 Å². The molecule has 0 spiro atoms. The van der Waals surface area contributed by atoms with E-state index in [1.165, 1.54) is 17.1 Å². The molecule has 0 amide bonds. The maximum atomic E-state index is 11.7. The number of halogens is 2. The minimum Gasteiger partial charge on any atom is -0.462 e. The SMILES string of the molecule is CCOC(=O)c1cnn(-c2ccnc(Cl)c2Cl)c1C. The van der Waals surface area contributed by atoms with Crippen molar-refractivity contribution in [1.82, 2.24) is 14.8 Å². The van der Waals surface area contributed by atoms with Crippen LogP contribution in [0.4, 0.5) is 0 Å². The van der Waals surface area contributed by atoms with E-state index < -0.39 is 5.97 Å². The molecule has 2 rings (SSSR count). The van der Waals surface area contributed by atoms with Gasteiger partial charge in [-0.15, -0.1) is 0 Å². The van der Waals surface area contributed by atoms with Crippen molar-refractivity contribution in [3.8, 4) is 5.69 Å². The highest BCUT2D eigenvalue weighted by Crippen LogP contribution is 2.27. The van der Waals surface area contributed by atoms with E-state index in [-0.39, 0.29) is 10.2 Å². The highest BCUT2D eigenvalue weighted by molar-refractivity contribution is 6.42. The van der Waals surface area contributed by atoms with E-state index >= 15 is 0 Å². The molecule has 2 heterocycles. The van der Waals surface area contributed by atoms with Crippen LogP contribution in [-0.2, 0) is 4.74 Å². The van der Waals surface area contributed by atoms with Crippen molar-refractivity contribution in [3.63, 3.8) is 0 Å². The van der Waals surface area contributed by atoms with E-state index in [1.807, 2.05) is 0 Å². The van der Waals surface area contributed by atoms with Crippen molar-refractivity contribution < 1.29 is 9.53 Å². The third-order valence-electron chi connectivity index (χ3n) is 2.56. The summed E-state index contributed by atoms with van der Waals surface area (Å²) in [5.41, 5.74) is 1.59. The van der Waals surface area contributed by atoms with Gasteiger partial charge in [0.15, 0.2) is 0 Å². The Bertz CT molecular complexity index is 625. The molecular formula is C12H11Cl2N3O2. The third-order valence-corrected chi connectivity index (χ3v) is 3.32. The van der Waals surface area contributed by atoms with Crippen LogP contribution in [0.1, 0.15) is 23.0 Å². The Morgan fingerprint density at radius 3 is 2.89 bits per heavy atom. The second kappa shape index (κ2) is 5.59. The molecule has 0 aliphatic carbocycles. The summed E-state index contributed by atoms with van der Waals surface area (Å²) >= 11 is 11.9. The molecule has 7 heteroatoms. The van der Waals surface area contributed by atoms with Gasteiger partial charge in [0.1, 0.15) is 15.7 Å². The fraction of sp³-hybridized carbons (Fsp3) is 0.250. The molecule has 0 bridgehead atoms. The Balaban J connectivity index is 2.48. The number of rotatable bonds is 3. The zero-order valence-electron chi connectivity index (χ0n) is 10.4. The Labute approximate surface area is 120 Å². The lowest BCUT2D eigenvalue weighted by molar-refractivity contribution is 0.0525. The number of carbonyl (C=O) groups excluding carboxylic acids is 1. The number of aromatic nitrogens is 3. The van der Waals surface area contributed by atoms with Crippen molar-refractivity contribution in [2.75, 3.05) is 6.61 Å². The smallest absolute Gasteiger partial charge is 0.341 e. The number of carbonyl (C=O) groups is 1. The van der Waals surface area contributed by atoms with Crippen LogP contribution in [0.5, 0.6) is 0 Å². The first kappa shape index (κ1) is 13.8. The van der Waals surface area contributed by atoms with Crippen LogP contribution in [0, 0.1) is 6.92 Å². The molecule has 0 unspecified atom stereocenters. The zero-order chi connectivity index (χ0) is 14.0. The van der Waals surface area contributed by atoms with Gasteiger partial charge in [-0.25, -0.2) is 14.5 Å². The van der Waals surface area contributed by atoms with Gasteiger partial charge in [0, 0.05) is 6.20 Å². The highest BCUT2D eigenvalue weighted by atomic mass is 35.5. The Hall–Kier alpha value is -1.59. The van der Waals surface area contributed by atoms with Gasteiger partial charge in [0.2, 0.25) is 0 Å². The van der Waals surface area contributed by atoms with Gasteiger partial charge in [-0.2, -0.15) is 5.10 Å². The number of hydrogen-bond donors (Lipinski definition) is 0. The molecule has 19 heavy (non-hydrogen) atoms. The number of pyridine rings is 1. The van der Waals surface area contributed by atoms with Crippen molar-refractivity contribution >= 4 is 29.2 Å². The van der Waals surface area contributed by atoms with Crippen LogP contribution in [0.25, 0.3) is 5.69 Å². The van der Waals surface area contributed by atoms with Crippen LogP contribution < -0.4 is 0 Å². The summed E-state index contributed by atoms with van der Waals surface area (Å²) in [6.45, 7) is 3.81. The minimum absolute atomic E-state index is 0.187. The van der Waals surface area contributed by atoms with Gasteiger partial charge in [-0.1, -0.05) is 23.2 Å². The fourth-order valence-corrected chi connectivity index (χ4v) is 1.98. The first-order valence-corrected chi connectivity index (χ1v) is 6.34. The maximum absolute atomic E-state index is 11.7. The lowest BCUT2D eigenvalue weighted by Crippen LogP contribution is -2.07. The van der Waals surface area contributed by atoms with Crippen molar-refractivity contribution in [1.29, 1.82) is 0 Å². The first-order valence-electron chi connectivity index (χ1n) is 5.58. The molecule has 0 fully saturated rings. The lowest BCUT2D eigenvalue weighted by atomic mass is 10.2. The molecular weight excluding hydrogens is 289 g/mol. The second-order valence-electron chi connectivity index (χ2n) is 3.71. The average molecular weight is 300 g/mol. The molecule has 5 nitrogen and oxygen atoms in total. The molecule has 2 aromatic rings. The third kappa shape index (κ3) is 2.57. The van der Waals surface area contributed by atoms with Crippen LogP contribution in [0.2, 0.25) is 10.2 Å². The molecule has 0 radical (unpaired) electrons. The Morgan fingerprint density at radius 2 is 2.21 bits per heavy atom. The van der Waals surface area contributed by atoms with E-state index in [2.05, 4.69) is 10.1 Å². The molecule has 0 aliphatic heterocycles. The van der Waals surface area contributed by atoms with Crippen molar-refractivity contribution in [2.45, 2.75) is 13.8 Å². The quantitative estimate of drug-likeness (QED) is 0.645. The number of esters is 1. The molecule has 0 aromatic carbocycles. The van der Waals surface area contributed by atoms with E-state index in [4.69, 9.17) is 27.9 Å². The average Bonchev–Trinajstić information content (AvgIpc) is 2.75. The van der Waals surface area contributed by atoms with Crippen molar-refractivity contribution in [3.05, 3.63) is 39.9 Å². The summed E-state index contributed by atoms with van der Waals surface area (Å²) in [6, 6.07) is 1.67. The monoisotopic (exact) mass is 299 g/mol. The summed E-state index contributed by atoms with van der Waals surface area (Å²) in [5, 5.41) is 4.61. The predicted octanol–water partition coefficient (Wildman–Crippen LogP) is 3.06. The van der Waals surface area contributed by atoms with Gasteiger partial charge < -0.3 is 4.74 Å². The normalized spacial score (nSPS) is 10.5. The van der Waals surface area contributed by atoms with E-state index in [0.717, 1.165) is 0 Å². The Morgan fingerprint density at radius 1 is 1.47 bits per heavy atom. The summed E-state index contributed by atoms with van der Waals surface area (Å²) in [5.74, 6) is -0.414. The van der Waals surface area contributed by atoms with E-state index in [0.29, 0.717) is 23.6 Å². The Kier molecular flexibility index (Phi) is 4.07. The summed E-state index contributed by atoms with van der Waals surface area (Å²) in [7, 11) is 0. The van der Waals surface area contributed by atoms with Crippen LogP contribution in [0.15, 0.2) is 18.5 Å². The molecule has 0 saturated carbocycles. The van der Waals surface area contributed by atoms with Gasteiger partial charge in [-0.05, 0) is 19.9 Å². The number of ether oxygens (including phenoxy) is 1. The van der Waals surface area contributed by atoms with Crippen LogP contribution in [-0.4, -0.2) is 27.3 Å². The van der Waals surface area contributed by atoms with Crippen LogP contribution in [0.3, 0.4) is 0 Å². The largest absolute Gasteiger partial charge is 0.462 e. The molecule has 0 N–H and O–H groups in total. The summed E-state index contributed by atoms with van der Waals surface area (Å²) in [6.07, 6.45) is 2.96. The summed E-state index contributed by atoms with van der Waals surface area (Å²) in [4.78, 5) is 15.6. The van der Waals surface area contributed by atoms with Gasteiger partial charge in [0.25, 0.3) is 0 Å². The topological polar surface area (TPSA) is 57.0 Å². The van der Waals surface area contributed by atoms with Crippen LogP contribution >= 0.6 is 23.2 Å². The predicted molar refractivity (Wildman–Crippen MR) is 72.1 cm³/mol. The first-order chi connectivity index (χ1) is 9.06. The lowest BCUT2D eigenvalue weighted by Gasteiger charge is -2.07. The van der Waals surface area contributed by atoms with Crippen molar-refractivity contribution in [2.24, 2.45) is 0 Å². The number of hydrogen-bond acceptors (Lipinski definition) is 4. The number of nitrogens with zero attached hydrogens (tertiary/aromatic N) is 3. The minimum atomic E-state index is -0.414.